The molecule has 0 rings (SSSR count). The molecule has 0 radical (unpaired) electrons. The largest absolute Gasteiger partial charge is 0.462 e. The van der Waals surface area contributed by atoms with E-state index in [2.05, 4.69) is 13.8 Å². The predicted octanol–water partition coefficient (Wildman–Crippen LogP) is 4.57. The summed E-state index contributed by atoms with van der Waals surface area (Å²) in [5.74, 6) is -0.704. The summed E-state index contributed by atoms with van der Waals surface area (Å²) in [5, 5.41) is 0. The normalized spacial score (nSPS) is 11.8. The van der Waals surface area contributed by atoms with Crippen LogP contribution in [0.3, 0.4) is 0 Å². The van der Waals surface area contributed by atoms with Crippen LogP contribution in [0.4, 0.5) is 0 Å². The van der Waals surface area contributed by atoms with E-state index in [0.29, 0.717) is 37.2 Å². The molecular formula is C18H32O4. The van der Waals surface area contributed by atoms with Crippen molar-refractivity contribution in [3.05, 3.63) is 11.1 Å². The van der Waals surface area contributed by atoms with Gasteiger partial charge in [-0.25, -0.2) is 9.59 Å². The van der Waals surface area contributed by atoms with Crippen LogP contribution < -0.4 is 0 Å². The molecule has 4 nitrogen and oxygen atoms in total. The summed E-state index contributed by atoms with van der Waals surface area (Å²) in [6.07, 6.45) is 6.39. The van der Waals surface area contributed by atoms with Crippen molar-refractivity contribution in [2.24, 2.45) is 0 Å². The number of rotatable bonds is 12. The third-order valence-electron chi connectivity index (χ3n) is 3.29. The molecule has 0 aliphatic rings. The van der Waals surface area contributed by atoms with Crippen LogP contribution in [0.15, 0.2) is 11.1 Å². The maximum absolute atomic E-state index is 12.3. The summed E-state index contributed by atoms with van der Waals surface area (Å²) < 4.78 is 10.5. The van der Waals surface area contributed by atoms with Crippen molar-refractivity contribution in [3.8, 4) is 0 Å². The van der Waals surface area contributed by atoms with E-state index in [1.807, 2.05) is 13.8 Å². The summed E-state index contributed by atoms with van der Waals surface area (Å²) >= 11 is 0. The molecule has 0 bridgehead atoms. The fourth-order valence-electron chi connectivity index (χ4n) is 2.02. The van der Waals surface area contributed by atoms with Gasteiger partial charge < -0.3 is 9.47 Å². The van der Waals surface area contributed by atoms with E-state index < -0.39 is 0 Å². The van der Waals surface area contributed by atoms with Crippen LogP contribution in [-0.2, 0) is 19.1 Å². The highest BCUT2D eigenvalue weighted by atomic mass is 16.5. The smallest absolute Gasteiger partial charge is 0.334 e. The van der Waals surface area contributed by atoms with Gasteiger partial charge in [-0.3, -0.25) is 0 Å². The van der Waals surface area contributed by atoms with Gasteiger partial charge in [0, 0.05) is 11.1 Å². The molecular weight excluding hydrogens is 280 g/mol. The van der Waals surface area contributed by atoms with Gasteiger partial charge in [0.2, 0.25) is 0 Å². The highest BCUT2D eigenvalue weighted by Crippen LogP contribution is 2.21. The maximum Gasteiger partial charge on any atom is 0.334 e. The first-order chi connectivity index (χ1) is 10.6. The van der Waals surface area contributed by atoms with Crippen molar-refractivity contribution in [3.63, 3.8) is 0 Å². The van der Waals surface area contributed by atoms with Crippen LogP contribution in [0.5, 0.6) is 0 Å². The van der Waals surface area contributed by atoms with Crippen LogP contribution in [0, 0.1) is 0 Å². The third-order valence-corrected chi connectivity index (χ3v) is 3.29. The minimum absolute atomic E-state index is 0.352. The van der Waals surface area contributed by atoms with Gasteiger partial charge >= 0.3 is 11.9 Å². The molecule has 128 valence electrons. The molecule has 0 heterocycles. The third kappa shape index (κ3) is 8.20. The van der Waals surface area contributed by atoms with Gasteiger partial charge in [0.05, 0.1) is 13.2 Å². The van der Waals surface area contributed by atoms with Gasteiger partial charge in [-0.15, -0.1) is 0 Å². The van der Waals surface area contributed by atoms with Gasteiger partial charge in [0.25, 0.3) is 0 Å². The Balaban J connectivity index is 5.31. The van der Waals surface area contributed by atoms with E-state index >= 15 is 0 Å². The Bertz CT molecular complexity index is 324. The van der Waals surface area contributed by atoms with E-state index in [9.17, 15) is 9.59 Å². The van der Waals surface area contributed by atoms with Crippen molar-refractivity contribution < 1.29 is 19.1 Å². The monoisotopic (exact) mass is 312 g/mol. The quantitative estimate of drug-likeness (QED) is 0.391. The second-order valence-corrected chi connectivity index (χ2v) is 5.44. The highest BCUT2D eigenvalue weighted by Gasteiger charge is 2.22. The van der Waals surface area contributed by atoms with Crippen LogP contribution in [-0.4, -0.2) is 25.2 Å². The zero-order valence-electron chi connectivity index (χ0n) is 14.7. The first-order valence-corrected chi connectivity index (χ1v) is 8.68. The molecule has 0 saturated carbocycles. The lowest BCUT2D eigenvalue weighted by atomic mass is 9.98. The van der Waals surface area contributed by atoms with Gasteiger partial charge in [0.1, 0.15) is 0 Å². The minimum Gasteiger partial charge on any atom is -0.462 e. The van der Waals surface area contributed by atoms with Crippen molar-refractivity contribution in [1.82, 2.24) is 0 Å². The fraction of sp³-hybridized carbons (Fsp3) is 0.778. The van der Waals surface area contributed by atoms with E-state index in [4.69, 9.17) is 9.47 Å². The lowest BCUT2D eigenvalue weighted by Crippen LogP contribution is -2.18. The van der Waals surface area contributed by atoms with E-state index in [1.165, 1.54) is 0 Å². The van der Waals surface area contributed by atoms with Crippen LogP contribution >= 0.6 is 0 Å². The molecule has 22 heavy (non-hydrogen) atoms. The van der Waals surface area contributed by atoms with Gasteiger partial charge in [-0.2, -0.15) is 0 Å². The summed E-state index contributed by atoms with van der Waals surface area (Å²) in [4.78, 5) is 24.6. The number of ether oxygens (including phenoxy) is 2. The molecule has 0 unspecified atom stereocenters. The second-order valence-electron chi connectivity index (χ2n) is 5.44. The second kappa shape index (κ2) is 13.4. The Morgan fingerprint density at radius 1 is 0.636 bits per heavy atom. The molecule has 0 aliphatic heterocycles. The van der Waals surface area contributed by atoms with Crippen molar-refractivity contribution >= 4 is 11.9 Å². The predicted molar refractivity (Wildman–Crippen MR) is 88.6 cm³/mol. The molecule has 4 heteroatoms. The first-order valence-electron chi connectivity index (χ1n) is 8.68. The summed E-state index contributed by atoms with van der Waals surface area (Å²) in [7, 11) is 0. The molecule has 0 aromatic heterocycles. The Labute approximate surface area is 135 Å². The summed E-state index contributed by atoms with van der Waals surface area (Å²) in [6, 6.07) is 0. The molecule has 0 fully saturated rings. The van der Waals surface area contributed by atoms with Crippen LogP contribution in [0.1, 0.15) is 79.1 Å². The van der Waals surface area contributed by atoms with Crippen LogP contribution in [0.2, 0.25) is 0 Å². The standard InChI is InChI=1S/C18H32O4/c1-5-9-11-15(17(19)21-13-7-3)16(12-10-6-2)18(20)22-14-8-4/h5-14H2,1-4H3. The van der Waals surface area contributed by atoms with E-state index in [0.717, 1.165) is 38.5 Å². The number of hydrogen-bond acceptors (Lipinski definition) is 4. The Kier molecular flexibility index (Phi) is 12.5. The lowest BCUT2D eigenvalue weighted by Gasteiger charge is -2.14. The van der Waals surface area contributed by atoms with Crippen molar-refractivity contribution in [2.75, 3.05) is 13.2 Å². The average molecular weight is 312 g/mol. The highest BCUT2D eigenvalue weighted by molar-refractivity contribution is 6.00. The number of carbonyl (C=O) groups excluding carboxylic acids is 2. The number of unbranched alkanes of at least 4 members (excludes halogenated alkanes) is 2. The van der Waals surface area contributed by atoms with E-state index in [1.54, 1.807) is 0 Å². The minimum atomic E-state index is -0.352. The Morgan fingerprint density at radius 3 is 1.27 bits per heavy atom. The lowest BCUT2D eigenvalue weighted by molar-refractivity contribution is -0.142. The van der Waals surface area contributed by atoms with Crippen molar-refractivity contribution in [1.29, 1.82) is 0 Å². The van der Waals surface area contributed by atoms with Crippen molar-refractivity contribution in [2.45, 2.75) is 79.1 Å². The van der Waals surface area contributed by atoms with Gasteiger partial charge in [-0.1, -0.05) is 40.5 Å². The molecule has 0 spiro atoms. The molecule has 0 atom stereocenters. The van der Waals surface area contributed by atoms with Gasteiger partial charge in [0.15, 0.2) is 0 Å². The SMILES string of the molecule is CCCCC(C(=O)OCCC)=C(CCCC)C(=O)OCCC. The van der Waals surface area contributed by atoms with E-state index in [-0.39, 0.29) is 11.9 Å². The number of esters is 2. The number of hydrogen-bond donors (Lipinski definition) is 0. The average Bonchev–Trinajstić information content (AvgIpc) is 2.53. The zero-order valence-corrected chi connectivity index (χ0v) is 14.7. The maximum atomic E-state index is 12.3. The molecule has 0 saturated heterocycles. The summed E-state index contributed by atoms with van der Waals surface area (Å²) in [6.45, 7) is 8.82. The molecule has 0 N–H and O–H groups in total. The number of carbonyl (C=O) groups is 2. The zero-order chi connectivity index (χ0) is 16.8. The molecule has 0 aromatic rings. The van der Waals surface area contributed by atoms with Crippen LogP contribution in [0.25, 0.3) is 0 Å². The molecule has 0 aromatic carbocycles. The molecule has 0 amide bonds. The first kappa shape index (κ1) is 20.7. The van der Waals surface area contributed by atoms with Gasteiger partial charge in [-0.05, 0) is 38.5 Å². The Morgan fingerprint density at radius 2 is 1.00 bits per heavy atom. The summed E-state index contributed by atoms with van der Waals surface area (Å²) in [5.41, 5.74) is 1.04. The fourth-order valence-corrected chi connectivity index (χ4v) is 2.02. The Hall–Kier alpha value is -1.32. The topological polar surface area (TPSA) is 52.6 Å². The molecule has 0 aliphatic carbocycles.